The lowest BCUT2D eigenvalue weighted by Crippen LogP contribution is -2.53. The standard InChI is InChI=1S/C41H50N2O9/c1-47-21-23-49-29-51-39-37(25-31-9-5-3-6-10-31)42(27-33-13-17-35(44)18-14-33)41(46)43(28-34-15-19-36(45)20-16-34)38(26-32-11-7-4-8-12-32)40(39)52-30-50-24-22-48-2/h3-20,37-40,44-45H,21-30H2,1-2H3/t37-,38-,39+,40+/m1/s1. The quantitative estimate of drug-likeness (QED) is 0.0869. The minimum Gasteiger partial charge on any atom is -0.508 e. The average molecular weight is 715 g/mol. The van der Waals surface area contributed by atoms with Gasteiger partial charge in [-0.1, -0.05) is 84.9 Å². The van der Waals surface area contributed by atoms with Gasteiger partial charge in [0, 0.05) is 27.3 Å². The smallest absolute Gasteiger partial charge is 0.321 e. The number of hydrogen-bond acceptors (Lipinski definition) is 9. The molecule has 4 aromatic carbocycles. The minimum absolute atomic E-state index is 0.0546. The molecule has 0 aromatic heterocycles. The van der Waals surface area contributed by atoms with E-state index in [-0.39, 0.29) is 44.2 Å². The van der Waals surface area contributed by atoms with Crippen molar-refractivity contribution in [2.75, 3.05) is 54.2 Å². The van der Waals surface area contributed by atoms with Crippen molar-refractivity contribution >= 4 is 6.03 Å². The lowest BCUT2D eigenvalue weighted by Gasteiger charge is -2.38. The summed E-state index contributed by atoms with van der Waals surface area (Å²) in [6, 6.07) is 32.5. The Labute approximate surface area is 306 Å². The topological polar surface area (TPSA) is 119 Å². The number of benzene rings is 4. The van der Waals surface area contributed by atoms with Crippen molar-refractivity contribution in [3.8, 4) is 11.5 Å². The molecule has 1 saturated heterocycles. The second kappa shape index (κ2) is 20.5. The summed E-state index contributed by atoms with van der Waals surface area (Å²) >= 11 is 0. The average Bonchev–Trinajstić information content (AvgIpc) is 3.23. The first kappa shape index (κ1) is 38.7. The second-order valence-electron chi connectivity index (χ2n) is 12.7. The molecule has 4 atom stereocenters. The first-order chi connectivity index (χ1) is 25.5. The van der Waals surface area contributed by atoms with Crippen LogP contribution in [0, 0.1) is 0 Å². The van der Waals surface area contributed by atoms with Crippen molar-refractivity contribution in [2.45, 2.75) is 50.2 Å². The summed E-state index contributed by atoms with van der Waals surface area (Å²) in [6.45, 7) is 1.82. The molecule has 1 fully saturated rings. The molecule has 278 valence electrons. The molecule has 2 N–H and O–H groups in total. The van der Waals surface area contributed by atoms with E-state index in [0.717, 1.165) is 22.3 Å². The number of urea groups is 1. The van der Waals surface area contributed by atoms with Crippen molar-refractivity contribution in [1.29, 1.82) is 0 Å². The fraction of sp³-hybridized carbons (Fsp3) is 0.390. The number of nitrogens with zero attached hydrogens (tertiary/aromatic N) is 2. The van der Waals surface area contributed by atoms with Crippen LogP contribution in [0.1, 0.15) is 22.3 Å². The first-order valence-corrected chi connectivity index (χ1v) is 17.5. The number of amides is 2. The third kappa shape index (κ3) is 11.3. The van der Waals surface area contributed by atoms with Gasteiger partial charge in [0.2, 0.25) is 0 Å². The molecule has 1 aliphatic heterocycles. The lowest BCUT2D eigenvalue weighted by atomic mass is 9.90. The fourth-order valence-corrected chi connectivity index (χ4v) is 6.44. The van der Waals surface area contributed by atoms with Crippen LogP contribution in [0.25, 0.3) is 0 Å². The van der Waals surface area contributed by atoms with E-state index in [0.29, 0.717) is 39.3 Å². The van der Waals surface area contributed by atoms with Crippen molar-refractivity contribution in [3.05, 3.63) is 131 Å². The summed E-state index contributed by atoms with van der Waals surface area (Å²) in [5.41, 5.74) is 3.72. The largest absolute Gasteiger partial charge is 0.508 e. The van der Waals surface area contributed by atoms with Gasteiger partial charge in [0.1, 0.15) is 37.3 Å². The van der Waals surface area contributed by atoms with Crippen molar-refractivity contribution in [3.63, 3.8) is 0 Å². The number of rotatable bonds is 20. The van der Waals surface area contributed by atoms with E-state index in [1.54, 1.807) is 38.5 Å². The number of phenolic OH excluding ortho intramolecular Hbond substituents is 2. The van der Waals surface area contributed by atoms with Crippen LogP contribution in [-0.4, -0.2) is 105 Å². The molecule has 5 rings (SSSR count). The molecule has 2 amide bonds. The lowest BCUT2D eigenvalue weighted by molar-refractivity contribution is -0.192. The Morgan fingerprint density at radius 3 is 1.27 bits per heavy atom. The highest BCUT2D eigenvalue weighted by atomic mass is 16.7. The molecular formula is C41H50N2O9. The Morgan fingerprint density at radius 2 is 0.904 bits per heavy atom. The van der Waals surface area contributed by atoms with Gasteiger partial charge in [0.25, 0.3) is 0 Å². The first-order valence-electron chi connectivity index (χ1n) is 17.5. The van der Waals surface area contributed by atoms with Gasteiger partial charge in [-0.3, -0.25) is 0 Å². The highest BCUT2D eigenvalue weighted by molar-refractivity contribution is 5.76. The molecule has 0 radical (unpaired) electrons. The number of carbonyl (C=O) groups is 1. The van der Waals surface area contributed by atoms with Gasteiger partial charge in [0.15, 0.2) is 0 Å². The van der Waals surface area contributed by atoms with E-state index in [2.05, 4.69) is 0 Å². The maximum absolute atomic E-state index is 15.4. The predicted octanol–water partition coefficient (Wildman–Crippen LogP) is 5.77. The maximum atomic E-state index is 15.4. The van der Waals surface area contributed by atoms with Gasteiger partial charge < -0.3 is 48.4 Å². The number of hydrogen-bond donors (Lipinski definition) is 2. The van der Waals surface area contributed by atoms with E-state index in [1.165, 1.54) is 0 Å². The zero-order chi connectivity index (χ0) is 36.5. The normalized spacial score (nSPS) is 19.2. The van der Waals surface area contributed by atoms with E-state index in [4.69, 9.17) is 28.4 Å². The highest BCUT2D eigenvalue weighted by Gasteiger charge is 2.49. The molecule has 0 spiro atoms. The summed E-state index contributed by atoms with van der Waals surface area (Å²) in [7, 11) is 3.23. The van der Waals surface area contributed by atoms with Crippen LogP contribution in [0.4, 0.5) is 4.79 Å². The Hall–Kier alpha value is -4.49. The predicted molar refractivity (Wildman–Crippen MR) is 196 cm³/mol. The minimum atomic E-state index is -0.687. The van der Waals surface area contributed by atoms with Crippen LogP contribution >= 0.6 is 0 Å². The van der Waals surface area contributed by atoms with Crippen molar-refractivity contribution in [2.24, 2.45) is 0 Å². The molecule has 1 aliphatic rings. The van der Waals surface area contributed by atoms with Gasteiger partial charge in [-0.2, -0.15) is 0 Å². The van der Waals surface area contributed by atoms with E-state index < -0.39 is 24.3 Å². The van der Waals surface area contributed by atoms with Crippen LogP contribution in [0.3, 0.4) is 0 Å². The highest BCUT2D eigenvalue weighted by Crippen LogP contribution is 2.33. The summed E-state index contributed by atoms with van der Waals surface area (Å²) in [6.07, 6.45) is -0.451. The van der Waals surface area contributed by atoms with Crippen LogP contribution in [0.2, 0.25) is 0 Å². The van der Waals surface area contributed by atoms with Gasteiger partial charge in [-0.05, 0) is 59.4 Å². The Kier molecular flexibility index (Phi) is 15.3. The van der Waals surface area contributed by atoms with Crippen LogP contribution < -0.4 is 0 Å². The number of phenols is 2. The number of aromatic hydroxyl groups is 2. The molecule has 0 unspecified atom stereocenters. The van der Waals surface area contributed by atoms with Crippen LogP contribution in [-0.2, 0) is 54.4 Å². The second-order valence-corrected chi connectivity index (χ2v) is 12.7. The Morgan fingerprint density at radius 1 is 0.519 bits per heavy atom. The molecule has 11 heteroatoms. The van der Waals surface area contributed by atoms with Crippen LogP contribution in [0.15, 0.2) is 109 Å². The number of methoxy groups -OCH3 is 2. The number of ether oxygens (including phenoxy) is 6. The van der Waals surface area contributed by atoms with E-state index >= 15 is 4.79 Å². The van der Waals surface area contributed by atoms with Gasteiger partial charge >= 0.3 is 6.03 Å². The third-order valence-electron chi connectivity index (χ3n) is 9.08. The zero-order valence-electron chi connectivity index (χ0n) is 29.9. The van der Waals surface area contributed by atoms with Crippen molar-refractivity contribution in [1.82, 2.24) is 9.80 Å². The van der Waals surface area contributed by atoms with Gasteiger partial charge in [-0.25, -0.2) is 4.79 Å². The zero-order valence-corrected chi connectivity index (χ0v) is 29.9. The van der Waals surface area contributed by atoms with Crippen molar-refractivity contribution < 1.29 is 43.4 Å². The fourth-order valence-electron chi connectivity index (χ4n) is 6.44. The third-order valence-corrected chi connectivity index (χ3v) is 9.08. The summed E-state index contributed by atoms with van der Waals surface area (Å²) in [5.74, 6) is 0.278. The summed E-state index contributed by atoms with van der Waals surface area (Å²) in [4.78, 5) is 19.1. The molecule has 11 nitrogen and oxygen atoms in total. The maximum Gasteiger partial charge on any atom is 0.321 e. The Balaban J connectivity index is 1.65. The molecule has 0 aliphatic carbocycles. The molecule has 0 saturated carbocycles. The van der Waals surface area contributed by atoms with Gasteiger partial charge in [-0.15, -0.1) is 0 Å². The SMILES string of the molecule is COCCOCO[C@@H]1[C@@H](OCOCCOC)[C@@H](Cc2ccccc2)N(Cc2ccc(O)cc2)C(=O)N(Cc2ccc(O)cc2)[C@@H]1Cc1ccccc1. The summed E-state index contributed by atoms with van der Waals surface area (Å²) in [5, 5.41) is 20.2. The monoisotopic (exact) mass is 714 g/mol. The molecule has 4 aromatic rings. The molecule has 1 heterocycles. The van der Waals surface area contributed by atoms with E-state index in [1.807, 2.05) is 94.7 Å². The molecule has 52 heavy (non-hydrogen) atoms. The van der Waals surface area contributed by atoms with E-state index in [9.17, 15) is 10.2 Å². The molecule has 0 bridgehead atoms. The van der Waals surface area contributed by atoms with Crippen LogP contribution in [0.5, 0.6) is 11.5 Å². The number of carbonyl (C=O) groups excluding carboxylic acids is 1. The molecular weight excluding hydrogens is 664 g/mol. The summed E-state index contributed by atoms with van der Waals surface area (Å²) < 4.78 is 35.6. The van der Waals surface area contributed by atoms with Gasteiger partial charge in [0.05, 0.1) is 38.5 Å². The Bertz CT molecular complexity index is 1470.